The van der Waals surface area contributed by atoms with Crippen molar-refractivity contribution in [2.75, 3.05) is 6.54 Å². The first kappa shape index (κ1) is 34.2. The average molecular weight is 693 g/mol. The summed E-state index contributed by atoms with van der Waals surface area (Å²) < 4.78 is 13.6. The summed E-state index contributed by atoms with van der Waals surface area (Å²) in [4.78, 5) is 34.1. The first-order chi connectivity index (χ1) is 21.8. The molecule has 2 heterocycles. The second kappa shape index (κ2) is 13.9. The number of likely N-dealkylation sites (tertiary alicyclic amines) is 1. The highest BCUT2D eigenvalue weighted by Gasteiger charge is 2.44. The highest BCUT2D eigenvalue weighted by molar-refractivity contribution is 8.77. The molecular weight excluding hydrogens is 653 g/mol. The Morgan fingerprint density at radius 2 is 1.63 bits per heavy atom. The van der Waals surface area contributed by atoms with Gasteiger partial charge in [-0.05, 0) is 55.2 Å². The van der Waals surface area contributed by atoms with Crippen LogP contribution in [-0.4, -0.2) is 47.0 Å². The Labute approximate surface area is 283 Å². The number of esters is 1. The maximum Gasteiger partial charge on any atom is 0.359 e. The van der Waals surface area contributed by atoms with Gasteiger partial charge in [0.05, 0.1) is 16.3 Å². The van der Waals surface area contributed by atoms with Gasteiger partial charge in [0.25, 0.3) is 0 Å². The van der Waals surface area contributed by atoms with Crippen LogP contribution in [0.1, 0.15) is 63.0 Å². The zero-order valence-corrected chi connectivity index (χ0v) is 30.6. The van der Waals surface area contributed by atoms with E-state index in [1.54, 1.807) is 11.3 Å². The summed E-state index contributed by atoms with van der Waals surface area (Å²) in [6, 6.07) is 24.9. The summed E-state index contributed by atoms with van der Waals surface area (Å²) in [5.74, 6) is -1.27. The number of carbonyl (C=O) groups is 2. The molecule has 0 spiro atoms. The van der Waals surface area contributed by atoms with Crippen molar-refractivity contribution in [2.24, 2.45) is 0 Å². The topological polar surface area (TPSA) is 89.0 Å². The highest BCUT2D eigenvalue weighted by Crippen LogP contribution is 2.45. The van der Waals surface area contributed by atoms with Gasteiger partial charge in [0.15, 0.2) is 20.1 Å². The van der Waals surface area contributed by atoms with Crippen molar-refractivity contribution in [2.45, 2.75) is 75.1 Å². The van der Waals surface area contributed by atoms with Crippen LogP contribution >= 0.6 is 32.9 Å². The van der Waals surface area contributed by atoms with Gasteiger partial charge in [0, 0.05) is 11.4 Å². The number of nitrogens with zero attached hydrogens (tertiary/aromatic N) is 2. The normalized spacial score (nSPS) is 16.7. The third kappa shape index (κ3) is 7.39. The Morgan fingerprint density at radius 1 is 1.02 bits per heavy atom. The molecule has 0 aliphatic carbocycles. The van der Waals surface area contributed by atoms with E-state index in [2.05, 4.69) is 46.9 Å². The first-order valence-electron chi connectivity index (χ1n) is 15.2. The fraction of sp³-hybridized carbons (Fsp3) is 0.343. The van der Waals surface area contributed by atoms with Crippen LogP contribution in [0, 0.1) is 0 Å². The molecule has 11 heteroatoms. The number of β-lactam (4-membered cyclic amide) rings is 1. The average Bonchev–Trinajstić information content (AvgIpc) is 3.46. The van der Waals surface area contributed by atoms with Crippen LogP contribution in [0.4, 0.5) is 0 Å². The smallest absolute Gasteiger partial charge is 0.359 e. The molecule has 1 saturated heterocycles. The molecule has 2 atom stereocenters. The van der Waals surface area contributed by atoms with Crippen molar-refractivity contribution in [1.29, 1.82) is 0 Å². The Hall–Kier alpha value is -3.09. The van der Waals surface area contributed by atoms with Crippen LogP contribution in [0.15, 0.2) is 95.2 Å². The molecule has 4 aromatic rings. The molecule has 0 unspecified atom stereocenters. The van der Waals surface area contributed by atoms with Gasteiger partial charge in [-0.25, -0.2) is 9.78 Å². The first-order valence-corrected chi connectivity index (χ1v) is 21.1. The van der Waals surface area contributed by atoms with Crippen molar-refractivity contribution in [3.05, 3.63) is 106 Å². The molecule has 0 bridgehead atoms. The number of allylic oxidation sites excluding steroid dienone is 1. The van der Waals surface area contributed by atoms with E-state index < -0.39 is 20.4 Å². The number of hydrogen-bond acceptors (Lipinski definition) is 9. The number of ether oxygens (including phenoxy) is 1. The minimum Gasteiger partial charge on any atom is -0.510 e. The van der Waals surface area contributed by atoms with E-state index in [1.165, 1.54) is 33.4 Å². The summed E-state index contributed by atoms with van der Waals surface area (Å²) in [5, 5.41) is 11.2. The predicted octanol–water partition coefficient (Wildman–Crippen LogP) is 9.45. The Morgan fingerprint density at radius 3 is 2.17 bits per heavy atom. The SMILES string of the molecule is CC(O)=C(C(=O)OC(c1ccccc1)c1ccccc1)N1C[C@H](SSc2cccc3sc([C@@H](C)O[Si](C)(C)C(C)(C)C)nc23)C1=O. The lowest BCUT2D eigenvalue weighted by Crippen LogP contribution is -2.55. The maximum atomic E-state index is 13.5. The van der Waals surface area contributed by atoms with Crippen molar-refractivity contribution in [1.82, 2.24) is 9.88 Å². The molecule has 5 rings (SSSR count). The highest BCUT2D eigenvalue weighted by atomic mass is 33.1. The van der Waals surface area contributed by atoms with E-state index in [-0.39, 0.29) is 40.3 Å². The minimum absolute atomic E-state index is 0.102. The largest absolute Gasteiger partial charge is 0.510 e. The number of para-hydroxylation sites is 1. The quantitative estimate of drug-likeness (QED) is 0.0415. The summed E-state index contributed by atoms with van der Waals surface area (Å²) in [5.41, 5.74) is 2.34. The van der Waals surface area contributed by atoms with Crippen molar-refractivity contribution < 1.29 is 23.9 Å². The lowest BCUT2D eigenvalue weighted by Gasteiger charge is -2.38. The van der Waals surface area contributed by atoms with Crippen LogP contribution in [0.3, 0.4) is 0 Å². The maximum absolute atomic E-state index is 13.5. The number of thiazole rings is 1. The molecule has 7 nitrogen and oxygen atoms in total. The zero-order chi connectivity index (χ0) is 33.2. The molecule has 0 saturated carbocycles. The van der Waals surface area contributed by atoms with Gasteiger partial charge in [0.2, 0.25) is 5.91 Å². The molecule has 1 aromatic heterocycles. The third-order valence-electron chi connectivity index (χ3n) is 8.40. The molecule has 1 amide bonds. The van der Waals surface area contributed by atoms with E-state index in [0.717, 1.165) is 31.2 Å². The van der Waals surface area contributed by atoms with Gasteiger partial charge in [-0.3, -0.25) is 4.79 Å². The summed E-state index contributed by atoms with van der Waals surface area (Å²) in [6.07, 6.45) is -0.805. The number of aliphatic hydroxyl groups is 1. The van der Waals surface area contributed by atoms with Gasteiger partial charge in [-0.15, -0.1) is 11.3 Å². The number of carbonyl (C=O) groups excluding carboxylic acids is 2. The number of benzene rings is 3. The molecule has 3 aromatic carbocycles. The van der Waals surface area contributed by atoms with Gasteiger partial charge in [-0.1, -0.05) is 109 Å². The fourth-order valence-corrected chi connectivity index (χ4v) is 9.80. The minimum atomic E-state index is -1.96. The van der Waals surface area contributed by atoms with Crippen LogP contribution in [0.5, 0.6) is 0 Å². The fourth-order valence-electron chi connectivity index (χ4n) is 4.83. The second-order valence-corrected chi connectivity index (χ2v) is 21.1. The van der Waals surface area contributed by atoms with E-state index >= 15 is 0 Å². The van der Waals surface area contributed by atoms with Gasteiger partial charge in [0.1, 0.15) is 16.0 Å². The Bertz CT molecular complexity index is 1690. The van der Waals surface area contributed by atoms with Crippen molar-refractivity contribution in [3.8, 4) is 0 Å². The van der Waals surface area contributed by atoms with Crippen LogP contribution < -0.4 is 0 Å². The summed E-state index contributed by atoms with van der Waals surface area (Å²) in [7, 11) is 0.970. The number of amides is 1. The van der Waals surface area contributed by atoms with Crippen LogP contribution in [0.2, 0.25) is 18.1 Å². The molecular formula is C35H40N2O5S3Si. The number of aliphatic hydroxyl groups excluding tert-OH is 1. The van der Waals surface area contributed by atoms with Gasteiger partial charge >= 0.3 is 5.97 Å². The number of hydrogen-bond donors (Lipinski definition) is 1. The Balaban J connectivity index is 1.25. The second-order valence-electron chi connectivity index (χ2n) is 12.8. The number of aromatic nitrogens is 1. The molecule has 1 aliphatic heterocycles. The lowest BCUT2D eigenvalue weighted by molar-refractivity contribution is -0.150. The van der Waals surface area contributed by atoms with Crippen molar-refractivity contribution >= 4 is 63.3 Å². The molecule has 1 aliphatic rings. The molecule has 0 radical (unpaired) electrons. The van der Waals surface area contributed by atoms with Crippen LogP contribution in [0.25, 0.3) is 10.2 Å². The number of fused-ring (bicyclic) bond motifs is 1. The zero-order valence-electron chi connectivity index (χ0n) is 27.1. The molecule has 242 valence electrons. The van der Waals surface area contributed by atoms with Crippen LogP contribution in [-0.2, 0) is 18.8 Å². The summed E-state index contributed by atoms with van der Waals surface area (Å²) in [6.45, 7) is 14.9. The molecule has 1 fully saturated rings. The van der Waals surface area contributed by atoms with Gasteiger partial charge < -0.3 is 19.2 Å². The molecule has 1 N–H and O–H groups in total. The lowest BCUT2D eigenvalue weighted by atomic mass is 10.0. The van der Waals surface area contributed by atoms with Gasteiger partial charge in [-0.2, -0.15) is 0 Å². The van der Waals surface area contributed by atoms with Crippen molar-refractivity contribution in [3.63, 3.8) is 0 Å². The standard InChI is InChI=1S/C35H40N2O5S3Si/c1-22(38)30(34(40)41-31(24-15-10-8-11-16-24)25-17-12-9-13-18-25)37-21-28(33(37)39)45-44-27-20-14-19-26-29(27)36-32(43-26)23(2)42-46(6,7)35(3,4)5/h8-20,23,28,31,38H,21H2,1-7H3/t23-,28+/m1/s1. The summed E-state index contributed by atoms with van der Waals surface area (Å²) >= 11 is 1.64. The monoisotopic (exact) mass is 692 g/mol. The Kier molecular flexibility index (Phi) is 10.4. The van der Waals surface area contributed by atoms with E-state index in [4.69, 9.17) is 14.1 Å². The number of rotatable bonds is 11. The van der Waals surface area contributed by atoms with E-state index in [9.17, 15) is 14.7 Å². The predicted molar refractivity (Wildman–Crippen MR) is 191 cm³/mol. The third-order valence-corrected chi connectivity index (χ3v) is 16.9. The molecule has 46 heavy (non-hydrogen) atoms. The van der Waals surface area contributed by atoms with E-state index in [1.807, 2.05) is 72.8 Å². The van der Waals surface area contributed by atoms with E-state index in [0.29, 0.717) is 0 Å².